The molecule has 0 spiro atoms. The minimum atomic E-state index is -3.24. The lowest BCUT2D eigenvalue weighted by atomic mass is 10.1. The van der Waals surface area contributed by atoms with E-state index in [1.165, 1.54) is 12.1 Å². The summed E-state index contributed by atoms with van der Waals surface area (Å²) in [5.41, 5.74) is 1.14. The lowest BCUT2D eigenvalue weighted by molar-refractivity contribution is -0.382. The second-order valence-electron chi connectivity index (χ2n) is 6.63. The topological polar surface area (TPSA) is 103 Å². The minimum absolute atomic E-state index is 0.0374. The molecule has 0 aliphatic rings. The summed E-state index contributed by atoms with van der Waals surface area (Å²) >= 11 is 0. The SMILES string of the molecule is CN(CCCOc1ccc(S(C)(=O)=O)cc1)c1ccc2ncccc2c1[N+](=O)[O-]. The number of hydrogen-bond donors (Lipinski definition) is 0. The van der Waals surface area contributed by atoms with Gasteiger partial charge < -0.3 is 9.64 Å². The van der Waals surface area contributed by atoms with Crippen LogP contribution in [0.1, 0.15) is 6.42 Å². The molecule has 0 amide bonds. The molecular formula is C20H21N3O5S. The molecule has 0 saturated carbocycles. The van der Waals surface area contributed by atoms with Crippen LogP contribution in [0, 0.1) is 10.1 Å². The predicted molar refractivity (Wildman–Crippen MR) is 111 cm³/mol. The fourth-order valence-corrected chi connectivity index (χ4v) is 3.65. The van der Waals surface area contributed by atoms with Gasteiger partial charge in [-0.2, -0.15) is 0 Å². The smallest absolute Gasteiger partial charge is 0.301 e. The van der Waals surface area contributed by atoms with Gasteiger partial charge in [0.25, 0.3) is 0 Å². The number of sulfone groups is 1. The molecule has 2 aromatic carbocycles. The number of nitro groups is 1. The van der Waals surface area contributed by atoms with Crippen molar-refractivity contribution in [1.82, 2.24) is 4.98 Å². The molecular weight excluding hydrogens is 394 g/mol. The summed E-state index contributed by atoms with van der Waals surface area (Å²) < 4.78 is 28.6. The number of hydrogen-bond acceptors (Lipinski definition) is 7. The normalized spacial score (nSPS) is 11.4. The number of nitrogens with zero attached hydrogens (tertiary/aromatic N) is 3. The Labute approximate surface area is 168 Å². The van der Waals surface area contributed by atoms with E-state index in [0.717, 1.165) is 6.26 Å². The van der Waals surface area contributed by atoms with E-state index in [1.54, 1.807) is 49.6 Å². The minimum Gasteiger partial charge on any atom is -0.494 e. The second-order valence-corrected chi connectivity index (χ2v) is 8.64. The van der Waals surface area contributed by atoms with Crippen LogP contribution in [0.2, 0.25) is 0 Å². The van der Waals surface area contributed by atoms with Crippen molar-refractivity contribution in [1.29, 1.82) is 0 Å². The molecule has 0 atom stereocenters. The molecule has 1 heterocycles. The molecule has 3 rings (SSSR count). The van der Waals surface area contributed by atoms with E-state index >= 15 is 0 Å². The van der Waals surface area contributed by atoms with Crippen LogP contribution in [0.3, 0.4) is 0 Å². The zero-order valence-corrected chi connectivity index (χ0v) is 16.9. The number of nitro benzene ring substituents is 1. The average molecular weight is 415 g/mol. The maximum atomic E-state index is 11.6. The van der Waals surface area contributed by atoms with E-state index < -0.39 is 9.84 Å². The van der Waals surface area contributed by atoms with Gasteiger partial charge in [-0.25, -0.2) is 8.42 Å². The maximum Gasteiger partial charge on any atom is 0.301 e. The quantitative estimate of drug-likeness (QED) is 0.315. The Bertz CT molecular complexity index is 1130. The highest BCUT2D eigenvalue weighted by Crippen LogP contribution is 2.34. The van der Waals surface area contributed by atoms with E-state index in [4.69, 9.17) is 4.74 Å². The summed E-state index contributed by atoms with van der Waals surface area (Å²) in [4.78, 5) is 17.5. The number of ether oxygens (including phenoxy) is 1. The number of fused-ring (bicyclic) bond motifs is 1. The van der Waals surface area contributed by atoms with Crippen molar-refractivity contribution in [3.05, 3.63) is 64.8 Å². The van der Waals surface area contributed by atoms with E-state index in [0.29, 0.717) is 41.9 Å². The van der Waals surface area contributed by atoms with E-state index in [2.05, 4.69) is 4.98 Å². The van der Waals surface area contributed by atoms with Crippen LogP contribution >= 0.6 is 0 Å². The maximum absolute atomic E-state index is 11.6. The first kappa shape index (κ1) is 20.5. The van der Waals surface area contributed by atoms with Crippen LogP contribution in [0.5, 0.6) is 5.75 Å². The molecule has 29 heavy (non-hydrogen) atoms. The summed E-state index contributed by atoms with van der Waals surface area (Å²) in [6.45, 7) is 0.944. The first-order valence-electron chi connectivity index (χ1n) is 8.93. The Kier molecular flexibility index (Phi) is 5.97. The predicted octanol–water partition coefficient (Wildman–Crippen LogP) is 3.45. The zero-order chi connectivity index (χ0) is 21.0. The highest BCUT2D eigenvalue weighted by molar-refractivity contribution is 7.90. The van der Waals surface area contributed by atoms with E-state index in [-0.39, 0.29) is 15.5 Å². The van der Waals surface area contributed by atoms with Gasteiger partial charge in [-0.1, -0.05) is 0 Å². The number of aromatic nitrogens is 1. The largest absolute Gasteiger partial charge is 0.494 e. The molecule has 0 fully saturated rings. The average Bonchev–Trinajstić information content (AvgIpc) is 2.69. The van der Waals surface area contributed by atoms with Gasteiger partial charge in [-0.05, 0) is 55.0 Å². The molecule has 0 unspecified atom stereocenters. The second kappa shape index (κ2) is 8.44. The fraction of sp³-hybridized carbons (Fsp3) is 0.250. The first-order valence-corrected chi connectivity index (χ1v) is 10.8. The molecule has 9 heteroatoms. The number of anilines is 1. The third kappa shape index (κ3) is 4.80. The van der Waals surface area contributed by atoms with Crippen LogP contribution in [0.4, 0.5) is 11.4 Å². The number of pyridine rings is 1. The Morgan fingerprint density at radius 2 is 1.86 bits per heavy atom. The monoisotopic (exact) mass is 415 g/mol. The summed E-state index contributed by atoms with van der Waals surface area (Å²) in [6, 6.07) is 13.1. The van der Waals surface area contributed by atoms with Crippen molar-refractivity contribution >= 4 is 32.1 Å². The molecule has 8 nitrogen and oxygen atoms in total. The summed E-state index contributed by atoms with van der Waals surface area (Å²) in [7, 11) is -1.44. The van der Waals surface area contributed by atoms with E-state index in [1.807, 2.05) is 4.90 Å². The molecule has 3 aromatic rings. The highest BCUT2D eigenvalue weighted by Gasteiger charge is 2.21. The van der Waals surface area contributed by atoms with Gasteiger partial charge in [-0.3, -0.25) is 15.1 Å². The standard InChI is InChI=1S/C20H21N3O5S/c1-22(13-4-14-28-15-6-8-16(9-7-15)29(2,26)27)19-11-10-18-17(5-3-12-21-18)20(19)23(24)25/h3,5-12H,4,13-14H2,1-2H3. The van der Waals surface area contributed by atoms with Crippen molar-refractivity contribution < 1.29 is 18.1 Å². The summed E-state index contributed by atoms with van der Waals surface area (Å²) in [5.74, 6) is 0.572. The van der Waals surface area contributed by atoms with E-state index in [9.17, 15) is 18.5 Å². The van der Waals surface area contributed by atoms with Gasteiger partial charge in [0.05, 0.1) is 27.3 Å². The Morgan fingerprint density at radius 1 is 1.14 bits per heavy atom. The van der Waals surface area contributed by atoms with Crippen molar-refractivity contribution in [2.75, 3.05) is 31.4 Å². The van der Waals surface area contributed by atoms with Gasteiger partial charge in [0.2, 0.25) is 0 Å². The summed E-state index contributed by atoms with van der Waals surface area (Å²) in [5, 5.41) is 12.1. The van der Waals surface area contributed by atoms with Crippen LogP contribution in [0.15, 0.2) is 59.6 Å². The first-order chi connectivity index (χ1) is 13.8. The molecule has 0 N–H and O–H groups in total. The summed E-state index contributed by atoms with van der Waals surface area (Å²) in [6.07, 6.45) is 3.39. The van der Waals surface area contributed by atoms with Gasteiger partial charge in [0, 0.05) is 26.0 Å². The van der Waals surface area contributed by atoms with Crippen LogP contribution in [-0.4, -0.2) is 44.8 Å². The Morgan fingerprint density at radius 3 is 2.52 bits per heavy atom. The van der Waals surface area contributed by atoms with Crippen LogP contribution < -0.4 is 9.64 Å². The molecule has 152 valence electrons. The zero-order valence-electron chi connectivity index (χ0n) is 16.1. The lowest BCUT2D eigenvalue weighted by Crippen LogP contribution is -2.21. The number of benzene rings is 2. The van der Waals surface area contributed by atoms with Gasteiger partial charge in [-0.15, -0.1) is 0 Å². The molecule has 0 aliphatic heterocycles. The van der Waals surface area contributed by atoms with Crippen molar-refractivity contribution in [3.63, 3.8) is 0 Å². The third-order valence-electron chi connectivity index (χ3n) is 4.49. The molecule has 1 aromatic heterocycles. The van der Waals surface area contributed by atoms with Gasteiger partial charge in [0.1, 0.15) is 11.4 Å². The molecule has 0 bridgehead atoms. The van der Waals surface area contributed by atoms with Crippen LogP contribution in [0.25, 0.3) is 10.9 Å². The van der Waals surface area contributed by atoms with Crippen LogP contribution in [-0.2, 0) is 9.84 Å². The number of rotatable bonds is 8. The Balaban J connectivity index is 1.63. The third-order valence-corrected chi connectivity index (χ3v) is 5.62. The highest BCUT2D eigenvalue weighted by atomic mass is 32.2. The molecule has 0 radical (unpaired) electrons. The van der Waals surface area contributed by atoms with Crippen molar-refractivity contribution in [2.24, 2.45) is 0 Å². The fourth-order valence-electron chi connectivity index (χ4n) is 3.02. The van der Waals surface area contributed by atoms with Gasteiger partial charge in [0.15, 0.2) is 9.84 Å². The molecule has 0 saturated heterocycles. The van der Waals surface area contributed by atoms with Crippen molar-refractivity contribution in [3.8, 4) is 5.75 Å². The van der Waals surface area contributed by atoms with Crippen molar-refractivity contribution in [2.45, 2.75) is 11.3 Å². The van der Waals surface area contributed by atoms with Gasteiger partial charge >= 0.3 is 5.69 Å². The molecule has 0 aliphatic carbocycles. The Hall–Kier alpha value is -3.20. The lowest BCUT2D eigenvalue weighted by Gasteiger charge is -2.20.